The Balaban J connectivity index is 1.70. The molecule has 3 rings (SSSR count). The minimum Gasteiger partial charge on any atom is -0.352 e. The zero-order valence-electron chi connectivity index (χ0n) is 16.1. The molecule has 1 N–H and O–H groups in total. The maximum absolute atomic E-state index is 13.7. The van der Waals surface area contributed by atoms with E-state index < -0.39 is 41.4 Å². The highest BCUT2D eigenvalue weighted by Crippen LogP contribution is 2.36. The summed E-state index contributed by atoms with van der Waals surface area (Å²) in [5, 5.41) is 2.32. The van der Waals surface area contributed by atoms with E-state index >= 15 is 0 Å². The summed E-state index contributed by atoms with van der Waals surface area (Å²) in [4.78, 5) is 19.0. The molecule has 2 heterocycles. The first-order valence-corrected chi connectivity index (χ1v) is 9.09. The van der Waals surface area contributed by atoms with Gasteiger partial charge in [0.2, 0.25) is 0 Å². The van der Waals surface area contributed by atoms with Crippen molar-refractivity contribution in [3.8, 4) is 0 Å². The van der Waals surface area contributed by atoms with Gasteiger partial charge in [-0.25, -0.2) is 14.2 Å². The predicted molar refractivity (Wildman–Crippen MR) is 98.0 cm³/mol. The Morgan fingerprint density at radius 1 is 1.06 bits per heavy atom. The Hall–Kier alpha value is -3.05. The summed E-state index contributed by atoms with van der Waals surface area (Å²) < 4.78 is 91.4. The van der Waals surface area contributed by atoms with Crippen molar-refractivity contribution in [2.75, 3.05) is 29.9 Å². The number of halogens is 7. The van der Waals surface area contributed by atoms with Crippen LogP contribution in [0.15, 0.2) is 36.5 Å². The van der Waals surface area contributed by atoms with E-state index in [-0.39, 0.29) is 31.1 Å². The molecule has 0 saturated carbocycles. The van der Waals surface area contributed by atoms with Crippen molar-refractivity contribution >= 4 is 17.5 Å². The average molecular weight is 450 g/mol. The van der Waals surface area contributed by atoms with Crippen molar-refractivity contribution in [1.29, 1.82) is 0 Å². The lowest BCUT2D eigenvalue weighted by Gasteiger charge is -2.40. The summed E-state index contributed by atoms with van der Waals surface area (Å²) in [5.74, 6) is -1.77. The summed E-state index contributed by atoms with van der Waals surface area (Å²) in [6.45, 7) is 1.74. The van der Waals surface area contributed by atoms with Crippen molar-refractivity contribution in [3.05, 3.63) is 53.5 Å². The molecule has 1 fully saturated rings. The molecular formula is C19H17F7N4O. The molecule has 0 aliphatic carbocycles. The van der Waals surface area contributed by atoms with E-state index in [0.717, 1.165) is 12.1 Å². The van der Waals surface area contributed by atoms with E-state index in [0.29, 0.717) is 12.1 Å². The number of carbonyl (C=O) groups excluding carboxylic acids is 1. The molecule has 1 atom stereocenters. The molecule has 168 valence electrons. The number of hydrogen-bond acceptors (Lipinski definition) is 3. The summed E-state index contributed by atoms with van der Waals surface area (Å²) >= 11 is 0. The van der Waals surface area contributed by atoms with Gasteiger partial charge in [-0.3, -0.25) is 0 Å². The van der Waals surface area contributed by atoms with Gasteiger partial charge in [0, 0.05) is 37.6 Å². The number of amides is 2. The van der Waals surface area contributed by atoms with Crippen LogP contribution in [0, 0.1) is 5.82 Å². The number of nitrogens with zero attached hydrogens (tertiary/aromatic N) is 3. The first-order chi connectivity index (χ1) is 14.4. The molecular weight excluding hydrogens is 433 g/mol. The third-order valence-electron chi connectivity index (χ3n) is 4.81. The Morgan fingerprint density at radius 2 is 1.74 bits per heavy atom. The number of anilines is 2. The van der Waals surface area contributed by atoms with Gasteiger partial charge in [0.25, 0.3) is 0 Å². The number of pyridine rings is 1. The smallest absolute Gasteiger partial charge is 0.352 e. The molecule has 12 heteroatoms. The maximum atomic E-state index is 13.7. The van der Waals surface area contributed by atoms with Crippen molar-refractivity contribution in [2.24, 2.45) is 0 Å². The lowest BCUT2D eigenvalue weighted by molar-refractivity contribution is -0.140. The summed E-state index contributed by atoms with van der Waals surface area (Å²) in [6.07, 6.45) is -8.21. The quantitative estimate of drug-likeness (QED) is 0.656. The number of benzene rings is 1. The van der Waals surface area contributed by atoms with Gasteiger partial charge in [-0.2, -0.15) is 26.3 Å². The summed E-state index contributed by atoms with van der Waals surface area (Å²) in [7, 11) is 0. The number of urea groups is 1. The number of carbonyl (C=O) groups is 1. The number of alkyl halides is 6. The predicted octanol–water partition coefficient (Wildman–Crippen LogP) is 5.00. The molecule has 1 saturated heterocycles. The highest BCUT2D eigenvalue weighted by Gasteiger charge is 2.38. The molecule has 2 amide bonds. The molecule has 0 spiro atoms. The Kier molecular flexibility index (Phi) is 6.01. The van der Waals surface area contributed by atoms with Crippen LogP contribution in [0.5, 0.6) is 0 Å². The monoisotopic (exact) mass is 450 g/mol. The number of aromatic nitrogens is 1. The Bertz CT molecular complexity index is 961. The highest BCUT2D eigenvalue weighted by molar-refractivity contribution is 5.89. The molecule has 5 nitrogen and oxygen atoms in total. The second-order valence-corrected chi connectivity index (χ2v) is 6.98. The van der Waals surface area contributed by atoms with Gasteiger partial charge in [-0.05, 0) is 37.3 Å². The van der Waals surface area contributed by atoms with Crippen LogP contribution in [-0.4, -0.2) is 41.6 Å². The maximum Gasteiger partial charge on any atom is 0.419 e. The molecule has 1 aliphatic rings. The van der Waals surface area contributed by atoms with Crippen molar-refractivity contribution in [3.63, 3.8) is 0 Å². The van der Waals surface area contributed by atoms with E-state index in [1.54, 1.807) is 6.92 Å². The first-order valence-electron chi connectivity index (χ1n) is 9.09. The fourth-order valence-electron chi connectivity index (χ4n) is 3.34. The fraction of sp³-hybridized carbons (Fsp3) is 0.368. The lowest BCUT2D eigenvalue weighted by Crippen LogP contribution is -2.55. The number of nitrogens with one attached hydrogen (secondary N) is 1. The molecule has 31 heavy (non-hydrogen) atoms. The normalized spacial score (nSPS) is 17.6. The van der Waals surface area contributed by atoms with Gasteiger partial charge in [0.1, 0.15) is 11.6 Å². The van der Waals surface area contributed by atoms with E-state index in [4.69, 9.17) is 0 Å². The van der Waals surface area contributed by atoms with E-state index in [1.165, 1.54) is 22.1 Å². The lowest BCUT2D eigenvalue weighted by atomic mass is 10.1. The van der Waals surface area contributed by atoms with Crippen LogP contribution >= 0.6 is 0 Å². The second-order valence-electron chi connectivity index (χ2n) is 6.98. The topological polar surface area (TPSA) is 48.5 Å². The van der Waals surface area contributed by atoms with Crippen LogP contribution in [0.2, 0.25) is 0 Å². The second kappa shape index (κ2) is 8.23. The van der Waals surface area contributed by atoms with Crippen LogP contribution in [0.4, 0.5) is 47.0 Å². The Labute approximate surface area is 172 Å². The summed E-state index contributed by atoms with van der Waals surface area (Å²) in [5.41, 5.74) is -2.52. The minimum absolute atomic E-state index is 0.0317. The third kappa shape index (κ3) is 5.00. The zero-order valence-corrected chi connectivity index (χ0v) is 16.1. The molecule has 0 bridgehead atoms. The summed E-state index contributed by atoms with van der Waals surface area (Å²) in [6, 6.07) is 2.86. The van der Waals surface area contributed by atoms with Gasteiger partial charge >= 0.3 is 18.4 Å². The molecule has 2 aromatic rings. The highest BCUT2D eigenvalue weighted by atomic mass is 19.4. The molecule has 0 unspecified atom stereocenters. The van der Waals surface area contributed by atoms with Crippen LogP contribution in [0.1, 0.15) is 18.1 Å². The third-order valence-corrected chi connectivity index (χ3v) is 4.81. The Morgan fingerprint density at radius 3 is 2.32 bits per heavy atom. The van der Waals surface area contributed by atoms with Crippen LogP contribution in [0.3, 0.4) is 0 Å². The number of hydrogen-bond donors (Lipinski definition) is 1. The zero-order chi connectivity index (χ0) is 23.0. The molecule has 1 aliphatic heterocycles. The van der Waals surface area contributed by atoms with Crippen molar-refractivity contribution < 1.29 is 35.5 Å². The number of rotatable bonds is 2. The van der Waals surface area contributed by atoms with Crippen LogP contribution in [0.25, 0.3) is 0 Å². The van der Waals surface area contributed by atoms with Gasteiger partial charge in [-0.1, -0.05) is 0 Å². The van der Waals surface area contributed by atoms with E-state index in [1.807, 2.05) is 0 Å². The van der Waals surface area contributed by atoms with Crippen LogP contribution in [-0.2, 0) is 12.4 Å². The van der Waals surface area contributed by atoms with Gasteiger partial charge < -0.3 is 15.1 Å². The van der Waals surface area contributed by atoms with E-state index in [9.17, 15) is 35.5 Å². The molecule has 1 aromatic heterocycles. The standard InChI is InChI=1S/C19H17F7N4O/c1-11-10-29(16-14(19(24,25)26)3-2-6-27-16)7-8-30(11)17(31)28-12-4-5-13(15(20)9-12)18(21,22)23/h2-6,9,11H,7-8,10H2,1H3,(H,28,31)/t11-/m1/s1. The average Bonchev–Trinajstić information content (AvgIpc) is 2.66. The SMILES string of the molecule is C[C@@H]1CN(c2ncccc2C(F)(F)F)CCN1C(=O)Nc1ccc(C(F)(F)F)c(F)c1. The largest absolute Gasteiger partial charge is 0.419 e. The first kappa shape index (κ1) is 22.6. The van der Waals surface area contributed by atoms with Gasteiger partial charge in [0.15, 0.2) is 0 Å². The van der Waals surface area contributed by atoms with Gasteiger partial charge in [-0.15, -0.1) is 0 Å². The van der Waals surface area contributed by atoms with Crippen molar-refractivity contribution in [2.45, 2.75) is 25.3 Å². The van der Waals surface area contributed by atoms with Crippen molar-refractivity contribution in [1.82, 2.24) is 9.88 Å². The van der Waals surface area contributed by atoms with E-state index in [2.05, 4.69) is 10.3 Å². The minimum atomic E-state index is -4.86. The fourth-order valence-corrected chi connectivity index (χ4v) is 3.34. The number of piperazine rings is 1. The van der Waals surface area contributed by atoms with Gasteiger partial charge in [0.05, 0.1) is 11.1 Å². The molecule has 1 aromatic carbocycles. The molecule has 0 radical (unpaired) electrons. The van der Waals surface area contributed by atoms with Crippen LogP contribution < -0.4 is 10.2 Å².